The normalized spacial score (nSPS) is 15.4. The van der Waals surface area contributed by atoms with Crippen molar-refractivity contribution in [1.29, 1.82) is 0 Å². The summed E-state index contributed by atoms with van der Waals surface area (Å²) >= 11 is 0. The largest absolute Gasteiger partial charge is 0.390 e. The van der Waals surface area contributed by atoms with Crippen LogP contribution in [0, 0.1) is 0 Å². The summed E-state index contributed by atoms with van der Waals surface area (Å²) in [5.41, 5.74) is 7.39. The highest BCUT2D eigenvalue weighted by molar-refractivity contribution is 5.93. The van der Waals surface area contributed by atoms with Gasteiger partial charge in [-0.3, -0.25) is 5.10 Å². The van der Waals surface area contributed by atoms with Crippen LogP contribution in [0.15, 0.2) is 12.4 Å². The summed E-state index contributed by atoms with van der Waals surface area (Å²) in [4.78, 5) is 19.7. The third-order valence-electron chi connectivity index (χ3n) is 4.32. The van der Waals surface area contributed by atoms with Crippen molar-refractivity contribution in [3.8, 4) is 11.3 Å². The van der Waals surface area contributed by atoms with Gasteiger partial charge in [0, 0.05) is 37.5 Å². The number of aromatic nitrogens is 6. The van der Waals surface area contributed by atoms with E-state index in [9.17, 15) is 5.11 Å². The molecule has 0 atom stereocenters. The third-order valence-corrected chi connectivity index (χ3v) is 4.32. The second-order valence-corrected chi connectivity index (χ2v) is 7.18. The Morgan fingerprint density at radius 2 is 1.93 bits per heavy atom. The lowest BCUT2D eigenvalue weighted by molar-refractivity contribution is 0.0802. The summed E-state index contributed by atoms with van der Waals surface area (Å²) in [5.74, 6) is 0.789. The number of hydrogen-bond acceptors (Lipinski definition) is 9. The van der Waals surface area contributed by atoms with E-state index in [1.54, 1.807) is 26.2 Å². The van der Waals surface area contributed by atoms with E-state index in [4.69, 9.17) is 15.5 Å². The number of aromatic amines is 1. The van der Waals surface area contributed by atoms with Crippen molar-refractivity contribution in [2.24, 2.45) is 0 Å². The molecule has 0 radical (unpaired) electrons. The highest BCUT2D eigenvalue weighted by Gasteiger charge is 2.24. The van der Waals surface area contributed by atoms with Crippen LogP contribution in [0.2, 0.25) is 0 Å². The lowest BCUT2D eigenvalue weighted by Gasteiger charge is -2.27. The minimum atomic E-state index is -0.917. The Morgan fingerprint density at radius 1 is 1.22 bits per heavy atom. The highest BCUT2D eigenvalue weighted by Crippen LogP contribution is 2.31. The summed E-state index contributed by atoms with van der Waals surface area (Å²) in [6.45, 7) is 6.18. The zero-order valence-electron chi connectivity index (χ0n) is 15.3. The number of nitrogens with one attached hydrogen (secondary N) is 1. The molecule has 0 aliphatic carbocycles. The number of nitrogens with two attached hydrogens (primary N) is 1. The van der Waals surface area contributed by atoms with Gasteiger partial charge in [-0.2, -0.15) is 10.1 Å². The molecule has 142 valence electrons. The Kier molecular flexibility index (Phi) is 4.36. The zero-order valence-corrected chi connectivity index (χ0v) is 15.3. The first-order chi connectivity index (χ1) is 12.9. The molecule has 1 fully saturated rings. The molecular weight excluding hydrogens is 348 g/mol. The molecule has 4 heterocycles. The quantitative estimate of drug-likeness (QED) is 0.600. The number of H-pyrrole nitrogens is 1. The maximum atomic E-state index is 10.2. The van der Waals surface area contributed by atoms with Crippen LogP contribution in [-0.4, -0.2) is 67.1 Å². The average molecular weight is 370 g/mol. The molecule has 3 aromatic heterocycles. The fraction of sp³-hybridized carbons (Fsp3) is 0.471. The zero-order chi connectivity index (χ0) is 19.0. The van der Waals surface area contributed by atoms with Gasteiger partial charge in [0.1, 0.15) is 0 Å². The van der Waals surface area contributed by atoms with E-state index < -0.39 is 5.60 Å². The first-order valence-corrected chi connectivity index (χ1v) is 8.79. The Hall–Kier alpha value is -2.85. The predicted octanol–water partition coefficient (Wildman–Crippen LogP) is 0.542. The number of nitrogen functional groups attached to an aromatic ring is 1. The smallest absolute Gasteiger partial charge is 0.228 e. The Morgan fingerprint density at radius 3 is 2.59 bits per heavy atom. The van der Waals surface area contributed by atoms with E-state index in [2.05, 4.69) is 30.0 Å². The number of aliphatic hydroxyl groups is 1. The molecule has 1 aliphatic heterocycles. The molecule has 10 heteroatoms. The molecule has 4 rings (SSSR count). The molecule has 1 aliphatic rings. The van der Waals surface area contributed by atoms with E-state index in [0.717, 1.165) is 5.39 Å². The second-order valence-electron chi connectivity index (χ2n) is 7.18. The SMILES string of the molecule is CC(C)(O)Cc1n[nH]c2nc(N3CCOCC3)nc(-c3cnc(N)nc3)c12. The van der Waals surface area contributed by atoms with Gasteiger partial charge in [0.2, 0.25) is 11.9 Å². The summed E-state index contributed by atoms with van der Waals surface area (Å²) in [5, 5.41) is 18.4. The fourth-order valence-corrected chi connectivity index (χ4v) is 3.09. The van der Waals surface area contributed by atoms with Gasteiger partial charge in [-0.25, -0.2) is 15.0 Å². The van der Waals surface area contributed by atoms with E-state index >= 15 is 0 Å². The third kappa shape index (κ3) is 3.67. The fourth-order valence-electron chi connectivity index (χ4n) is 3.09. The van der Waals surface area contributed by atoms with Gasteiger partial charge >= 0.3 is 0 Å². The molecule has 0 unspecified atom stereocenters. The molecule has 10 nitrogen and oxygen atoms in total. The maximum Gasteiger partial charge on any atom is 0.228 e. The molecule has 0 spiro atoms. The van der Waals surface area contributed by atoms with Gasteiger partial charge in [-0.15, -0.1) is 0 Å². The molecule has 4 N–H and O–H groups in total. The Balaban J connectivity index is 1.88. The number of rotatable bonds is 4. The molecule has 0 bridgehead atoms. The average Bonchev–Trinajstić information content (AvgIpc) is 3.03. The number of hydrogen-bond donors (Lipinski definition) is 3. The predicted molar refractivity (Wildman–Crippen MR) is 100 cm³/mol. The number of morpholine rings is 1. The number of nitrogens with zero attached hydrogens (tertiary/aromatic N) is 6. The van der Waals surface area contributed by atoms with Crippen molar-refractivity contribution < 1.29 is 9.84 Å². The van der Waals surface area contributed by atoms with E-state index in [0.29, 0.717) is 61.3 Å². The molecule has 1 saturated heterocycles. The number of ether oxygens (including phenoxy) is 1. The summed E-state index contributed by atoms with van der Waals surface area (Å²) in [6, 6.07) is 0. The standard InChI is InChI=1S/C17H22N8O2/c1-17(2,26)7-11-12-13(10-8-19-15(18)20-9-10)21-16(22-14(12)24-23-11)25-3-5-27-6-4-25/h8-9,26H,3-7H2,1-2H3,(H2,18,19,20)(H,21,22,23,24). The van der Waals surface area contributed by atoms with Gasteiger partial charge < -0.3 is 20.5 Å². The second kappa shape index (κ2) is 6.71. The summed E-state index contributed by atoms with van der Waals surface area (Å²) < 4.78 is 5.42. The Labute approximate surface area is 155 Å². The lowest BCUT2D eigenvalue weighted by atomic mass is 10.00. The minimum absolute atomic E-state index is 0.196. The van der Waals surface area contributed by atoms with Crippen LogP contribution in [-0.2, 0) is 11.2 Å². The first kappa shape index (κ1) is 17.6. The number of anilines is 2. The lowest BCUT2D eigenvalue weighted by Crippen LogP contribution is -2.37. The van der Waals surface area contributed by atoms with E-state index in [1.165, 1.54) is 0 Å². The van der Waals surface area contributed by atoms with E-state index in [-0.39, 0.29) is 5.95 Å². The highest BCUT2D eigenvalue weighted by atomic mass is 16.5. The minimum Gasteiger partial charge on any atom is -0.390 e. The molecular formula is C17H22N8O2. The van der Waals surface area contributed by atoms with Gasteiger partial charge in [-0.05, 0) is 13.8 Å². The van der Waals surface area contributed by atoms with Crippen LogP contribution in [0.4, 0.5) is 11.9 Å². The molecule has 0 aromatic carbocycles. The van der Waals surface area contributed by atoms with Crippen molar-refractivity contribution in [2.45, 2.75) is 25.9 Å². The van der Waals surface area contributed by atoms with Crippen LogP contribution >= 0.6 is 0 Å². The molecule has 3 aromatic rings. The summed E-state index contributed by atoms with van der Waals surface area (Å²) in [6.07, 6.45) is 3.62. The van der Waals surface area contributed by atoms with Crippen LogP contribution in [0.5, 0.6) is 0 Å². The topological polar surface area (TPSA) is 139 Å². The van der Waals surface area contributed by atoms with Crippen molar-refractivity contribution in [3.05, 3.63) is 18.1 Å². The van der Waals surface area contributed by atoms with Crippen LogP contribution in [0.25, 0.3) is 22.3 Å². The van der Waals surface area contributed by atoms with Crippen molar-refractivity contribution in [1.82, 2.24) is 30.1 Å². The van der Waals surface area contributed by atoms with Gasteiger partial charge in [-0.1, -0.05) is 0 Å². The first-order valence-electron chi connectivity index (χ1n) is 8.79. The molecule has 0 amide bonds. The van der Waals surface area contributed by atoms with Gasteiger partial charge in [0.05, 0.1) is 35.6 Å². The Bertz CT molecular complexity index is 942. The van der Waals surface area contributed by atoms with Crippen LogP contribution in [0.3, 0.4) is 0 Å². The van der Waals surface area contributed by atoms with Crippen LogP contribution in [0.1, 0.15) is 19.5 Å². The number of fused-ring (bicyclic) bond motifs is 1. The van der Waals surface area contributed by atoms with Crippen molar-refractivity contribution in [2.75, 3.05) is 36.9 Å². The van der Waals surface area contributed by atoms with E-state index in [1.807, 2.05) is 0 Å². The monoisotopic (exact) mass is 370 g/mol. The van der Waals surface area contributed by atoms with Crippen molar-refractivity contribution >= 4 is 22.9 Å². The molecule has 27 heavy (non-hydrogen) atoms. The summed E-state index contributed by atoms with van der Waals surface area (Å²) in [7, 11) is 0. The van der Waals surface area contributed by atoms with Gasteiger partial charge in [0.15, 0.2) is 5.65 Å². The van der Waals surface area contributed by atoms with Crippen LogP contribution < -0.4 is 10.6 Å². The maximum absolute atomic E-state index is 10.2. The van der Waals surface area contributed by atoms with Crippen molar-refractivity contribution in [3.63, 3.8) is 0 Å². The molecule has 0 saturated carbocycles. The van der Waals surface area contributed by atoms with Gasteiger partial charge in [0.25, 0.3) is 0 Å².